The van der Waals surface area contributed by atoms with Gasteiger partial charge in [0, 0.05) is 12.1 Å². The molecule has 4 unspecified atom stereocenters. The van der Waals surface area contributed by atoms with Crippen molar-refractivity contribution in [2.24, 2.45) is 11.8 Å². The molecular formula is C14H26N2O3. The standard InChI is InChI=1S/C14H26N2O3/c1-4-5-11(8-13(17)18)15-14(19)16-12-7-6-9(2)10(12)3/h9-12H,4-8H2,1-3H3,(H,17,18)(H2,15,16,19). The Morgan fingerprint density at radius 2 is 2.00 bits per heavy atom. The van der Waals surface area contributed by atoms with Gasteiger partial charge in [-0.15, -0.1) is 0 Å². The third-order valence-corrected chi connectivity index (χ3v) is 4.18. The average Bonchev–Trinajstić information content (AvgIpc) is 2.60. The van der Waals surface area contributed by atoms with Gasteiger partial charge < -0.3 is 15.7 Å². The zero-order valence-corrected chi connectivity index (χ0v) is 12.1. The minimum Gasteiger partial charge on any atom is -0.481 e. The Bertz CT molecular complexity index is 320. The van der Waals surface area contributed by atoms with Crippen LogP contribution >= 0.6 is 0 Å². The van der Waals surface area contributed by atoms with E-state index in [1.165, 1.54) is 0 Å². The van der Waals surface area contributed by atoms with Crippen LogP contribution in [0.3, 0.4) is 0 Å². The van der Waals surface area contributed by atoms with Crippen molar-refractivity contribution in [2.75, 3.05) is 0 Å². The van der Waals surface area contributed by atoms with E-state index in [0.717, 1.165) is 19.3 Å². The van der Waals surface area contributed by atoms with Crippen molar-refractivity contribution < 1.29 is 14.7 Å². The molecule has 5 nitrogen and oxygen atoms in total. The van der Waals surface area contributed by atoms with Crippen LogP contribution in [0.15, 0.2) is 0 Å². The van der Waals surface area contributed by atoms with Crippen LogP contribution in [-0.4, -0.2) is 29.2 Å². The Hall–Kier alpha value is -1.26. The van der Waals surface area contributed by atoms with Gasteiger partial charge in [0.25, 0.3) is 0 Å². The van der Waals surface area contributed by atoms with Gasteiger partial charge in [-0.05, 0) is 31.1 Å². The van der Waals surface area contributed by atoms with Crippen LogP contribution in [0, 0.1) is 11.8 Å². The molecule has 0 aromatic heterocycles. The van der Waals surface area contributed by atoms with Gasteiger partial charge in [0.05, 0.1) is 6.42 Å². The molecule has 0 bridgehead atoms. The number of nitrogens with one attached hydrogen (secondary N) is 2. The Morgan fingerprint density at radius 3 is 2.47 bits per heavy atom. The van der Waals surface area contributed by atoms with E-state index in [2.05, 4.69) is 24.5 Å². The van der Waals surface area contributed by atoms with E-state index >= 15 is 0 Å². The largest absolute Gasteiger partial charge is 0.481 e. The normalized spacial score (nSPS) is 27.8. The lowest BCUT2D eigenvalue weighted by atomic mass is 9.98. The summed E-state index contributed by atoms with van der Waals surface area (Å²) < 4.78 is 0. The summed E-state index contributed by atoms with van der Waals surface area (Å²) in [6.07, 6.45) is 3.68. The molecule has 4 atom stereocenters. The summed E-state index contributed by atoms with van der Waals surface area (Å²) in [7, 11) is 0. The number of hydrogen-bond donors (Lipinski definition) is 3. The summed E-state index contributed by atoms with van der Waals surface area (Å²) in [5.74, 6) is 0.243. The topological polar surface area (TPSA) is 78.4 Å². The van der Waals surface area contributed by atoms with Gasteiger partial charge in [0.1, 0.15) is 0 Å². The highest BCUT2D eigenvalue weighted by molar-refractivity contribution is 5.76. The van der Waals surface area contributed by atoms with E-state index in [9.17, 15) is 9.59 Å². The molecule has 3 N–H and O–H groups in total. The first-order valence-electron chi connectivity index (χ1n) is 7.22. The maximum absolute atomic E-state index is 11.9. The molecule has 0 aromatic carbocycles. The molecule has 1 aliphatic carbocycles. The van der Waals surface area contributed by atoms with Crippen LogP contribution < -0.4 is 10.6 Å². The molecule has 0 spiro atoms. The maximum Gasteiger partial charge on any atom is 0.315 e. The number of aliphatic carboxylic acids is 1. The van der Waals surface area contributed by atoms with Gasteiger partial charge in [0.15, 0.2) is 0 Å². The molecule has 0 heterocycles. The fourth-order valence-electron chi connectivity index (χ4n) is 2.75. The zero-order chi connectivity index (χ0) is 14.4. The summed E-state index contributed by atoms with van der Waals surface area (Å²) in [6, 6.07) is -0.301. The van der Waals surface area contributed by atoms with Crippen molar-refractivity contribution >= 4 is 12.0 Å². The number of carbonyl (C=O) groups is 2. The summed E-state index contributed by atoms with van der Waals surface area (Å²) in [5, 5.41) is 14.6. The van der Waals surface area contributed by atoms with E-state index in [-0.39, 0.29) is 24.5 Å². The molecule has 1 rings (SSSR count). The number of carboxylic acid groups (broad SMARTS) is 1. The molecular weight excluding hydrogens is 244 g/mol. The lowest BCUT2D eigenvalue weighted by Crippen LogP contribution is -2.47. The number of amides is 2. The number of hydrogen-bond acceptors (Lipinski definition) is 2. The average molecular weight is 270 g/mol. The van der Waals surface area contributed by atoms with E-state index in [1.807, 2.05) is 6.92 Å². The molecule has 1 fully saturated rings. The lowest BCUT2D eigenvalue weighted by Gasteiger charge is -2.22. The number of rotatable bonds is 6. The van der Waals surface area contributed by atoms with Gasteiger partial charge in [-0.2, -0.15) is 0 Å². The summed E-state index contributed by atoms with van der Waals surface area (Å²) in [4.78, 5) is 22.6. The Morgan fingerprint density at radius 1 is 1.32 bits per heavy atom. The number of urea groups is 1. The zero-order valence-electron chi connectivity index (χ0n) is 12.1. The first-order chi connectivity index (χ1) is 8.93. The maximum atomic E-state index is 11.9. The van der Waals surface area contributed by atoms with Crippen molar-refractivity contribution in [3.8, 4) is 0 Å². The van der Waals surface area contributed by atoms with Crippen molar-refractivity contribution in [2.45, 2.75) is 65.0 Å². The summed E-state index contributed by atoms with van der Waals surface area (Å²) >= 11 is 0. The van der Waals surface area contributed by atoms with Crippen LogP contribution in [0.5, 0.6) is 0 Å². The Kier molecular flexibility index (Phi) is 6.12. The number of carbonyl (C=O) groups excluding carboxylic acids is 1. The Labute approximate surface area is 115 Å². The van der Waals surface area contributed by atoms with Gasteiger partial charge in [-0.3, -0.25) is 4.79 Å². The van der Waals surface area contributed by atoms with Crippen molar-refractivity contribution in [3.05, 3.63) is 0 Å². The third kappa shape index (κ3) is 5.09. The van der Waals surface area contributed by atoms with E-state index in [1.54, 1.807) is 0 Å². The molecule has 5 heteroatoms. The predicted octanol–water partition coefficient (Wildman–Crippen LogP) is 2.36. The van der Waals surface area contributed by atoms with Crippen LogP contribution in [0.25, 0.3) is 0 Å². The second-order valence-electron chi connectivity index (χ2n) is 5.72. The van der Waals surface area contributed by atoms with Gasteiger partial charge in [-0.25, -0.2) is 4.79 Å². The Balaban J connectivity index is 2.41. The fourth-order valence-corrected chi connectivity index (χ4v) is 2.75. The summed E-state index contributed by atoms with van der Waals surface area (Å²) in [5.41, 5.74) is 0. The molecule has 2 amide bonds. The number of carboxylic acids is 1. The monoisotopic (exact) mass is 270 g/mol. The highest BCUT2D eigenvalue weighted by Gasteiger charge is 2.31. The highest BCUT2D eigenvalue weighted by atomic mass is 16.4. The highest BCUT2D eigenvalue weighted by Crippen LogP contribution is 2.30. The first-order valence-corrected chi connectivity index (χ1v) is 7.22. The lowest BCUT2D eigenvalue weighted by molar-refractivity contribution is -0.137. The predicted molar refractivity (Wildman–Crippen MR) is 74.0 cm³/mol. The van der Waals surface area contributed by atoms with Crippen LogP contribution in [0.2, 0.25) is 0 Å². The second kappa shape index (κ2) is 7.36. The minimum atomic E-state index is -0.874. The van der Waals surface area contributed by atoms with E-state index < -0.39 is 5.97 Å². The minimum absolute atomic E-state index is 0.0160. The van der Waals surface area contributed by atoms with Gasteiger partial charge in [-0.1, -0.05) is 27.2 Å². The van der Waals surface area contributed by atoms with Gasteiger partial charge >= 0.3 is 12.0 Å². The van der Waals surface area contributed by atoms with Crippen molar-refractivity contribution in [3.63, 3.8) is 0 Å². The molecule has 19 heavy (non-hydrogen) atoms. The van der Waals surface area contributed by atoms with Crippen LogP contribution in [0.1, 0.15) is 52.9 Å². The molecule has 0 aliphatic heterocycles. The van der Waals surface area contributed by atoms with Crippen molar-refractivity contribution in [1.82, 2.24) is 10.6 Å². The van der Waals surface area contributed by atoms with Crippen LogP contribution in [-0.2, 0) is 4.79 Å². The quantitative estimate of drug-likeness (QED) is 0.693. The molecule has 0 saturated heterocycles. The second-order valence-corrected chi connectivity index (χ2v) is 5.72. The third-order valence-electron chi connectivity index (χ3n) is 4.18. The molecule has 1 saturated carbocycles. The van der Waals surface area contributed by atoms with Crippen molar-refractivity contribution in [1.29, 1.82) is 0 Å². The molecule has 0 aromatic rings. The fraction of sp³-hybridized carbons (Fsp3) is 0.857. The van der Waals surface area contributed by atoms with Gasteiger partial charge in [0.2, 0.25) is 0 Å². The van der Waals surface area contributed by atoms with E-state index in [0.29, 0.717) is 18.3 Å². The molecule has 110 valence electrons. The van der Waals surface area contributed by atoms with E-state index in [4.69, 9.17) is 5.11 Å². The first kappa shape index (κ1) is 15.8. The molecule has 0 radical (unpaired) electrons. The smallest absolute Gasteiger partial charge is 0.315 e. The molecule has 1 aliphatic rings. The SMILES string of the molecule is CCCC(CC(=O)O)NC(=O)NC1CCC(C)C1C. The summed E-state index contributed by atoms with van der Waals surface area (Å²) in [6.45, 7) is 6.34. The van der Waals surface area contributed by atoms with Crippen LogP contribution in [0.4, 0.5) is 4.79 Å².